The van der Waals surface area contributed by atoms with Crippen LogP contribution in [0.1, 0.15) is 12.8 Å². The van der Waals surface area contributed by atoms with Crippen molar-refractivity contribution >= 4 is 0 Å². The maximum atomic E-state index is 9.35. The molecule has 1 aliphatic rings. The third-order valence-corrected chi connectivity index (χ3v) is 2.43. The van der Waals surface area contributed by atoms with Gasteiger partial charge in [0.15, 0.2) is 0 Å². The Balaban J connectivity index is 2.68. The van der Waals surface area contributed by atoms with Crippen LogP contribution in [0.5, 0.6) is 0 Å². The molecule has 0 aliphatic heterocycles. The number of aliphatic hydroxyl groups excluding tert-OH is 3. The minimum Gasteiger partial charge on any atom is -0.390 e. The van der Waals surface area contributed by atoms with Crippen molar-refractivity contribution < 1.29 is 15.3 Å². The minimum absolute atomic E-state index is 0.355. The molecule has 1 saturated carbocycles. The largest absolute Gasteiger partial charge is 0.390 e. The van der Waals surface area contributed by atoms with E-state index < -0.39 is 24.4 Å². The van der Waals surface area contributed by atoms with E-state index in [2.05, 4.69) is 0 Å². The van der Waals surface area contributed by atoms with Gasteiger partial charge in [-0.15, -0.1) is 0 Å². The fourth-order valence-corrected chi connectivity index (χ4v) is 1.43. The summed E-state index contributed by atoms with van der Waals surface area (Å²) in [6, 6.07) is -1.01. The Morgan fingerprint density at radius 3 is 2.08 bits per heavy atom. The molecule has 0 spiro atoms. The molecule has 0 heterocycles. The second-order valence-corrected chi connectivity index (χ2v) is 3.37. The maximum absolute atomic E-state index is 9.35. The molecular formula is C7H16N2O3. The summed E-state index contributed by atoms with van der Waals surface area (Å²) in [5.41, 5.74) is 11.1. The van der Waals surface area contributed by atoms with Gasteiger partial charge in [-0.3, -0.25) is 0 Å². The number of rotatable bonds is 0. The molecule has 1 rings (SSSR count). The van der Waals surface area contributed by atoms with Gasteiger partial charge in [-0.25, -0.2) is 0 Å². The Morgan fingerprint density at radius 2 is 1.50 bits per heavy atom. The van der Waals surface area contributed by atoms with Gasteiger partial charge < -0.3 is 26.8 Å². The van der Waals surface area contributed by atoms with Crippen LogP contribution < -0.4 is 11.5 Å². The topological polar surface area (TPSA) is 113 Å². The SMILES string of the molecule is NC1CCC(O)C(O)C(O)C1N. The smallest absolute Gasteiger partial charge is 0.107 e. The van der Waals surface area contributed by atoms with Gasteiger partial charge >= 0.3 is 0 Å². The first kappa shape index (κ1) is 9.88. The van der Waals surface area contributed by atoms with Crippen molar-refractivity contribution in [3.8, 4) is 0 Å². The molecule has 5 atom stereocenters. The lowest BCUT2D eigenvalue weighted by Crippen LogP contribution is -2.53. The third kappa shape index (κ3) is 1.75. The molecule has 0 radical (unpaired) electrons. The van der Waals surface area contributed by atoms with E-state index in [4.69, 9.17) is 11.5 Å². The molecule has 72 valence electrons. The second kappa shape index (κ2) is 3.68. The molecule has 0 aromatic rings. The highest BCUT2D eigenvalue weighted by atomic mass is 16.4. The van der Waals surface area contributed by atoms with Crippen LogP contribution in [0, 0.1) is 0 Å². The summed E-state index contributed by atoms with van der Waals surface area (Å²) >= 11 is 0. The van der Waals surface area contributed by atoms with Crippen molar-refractivity contribution in [3.63, 3.8) is 0 Å². The highest BCUT2D eigenvalue weighted by molar-refractivity contribution is 4.93. The molecule has 7 N–H and O–H groups in total. The van der Waals surface area contributed by atoms with E-state index in [9.17, 15) is 15.3 Å². The number of hydrogen-bond acceptors (Lipinski definition) is 5. The van der Waals surface area contributed by atoms with Gasteiger partial charge in [0.05, 0.1) is 12.2 Å². The maximum Gasteiger partial charge on any atom is 0.107 e. The average molecular weight is 176 g/mol. The van der Waals surface area contributed by atoms with Crippen LogP contribution in [0.25, 0.3) is 0 Å². The molecule has 0 saturated heterocycles. The summed E-state index contributed by atoms with van der Waals surface area (Å²) in [7, 11) is 0. The zero-order valence-electron chi connectivity index (χ0n) is 6.80. The summed E-state index contributed by atoms with van der Waals surface area (Å²) in [5, 5.41) is 27.9. The Morgan fingerprint density at radius 1 is 0.917 bits per heavy atom. The lowest BCUT2D eigenvalue weighted by atomic mass is 10.0. The molecule has 0 bridgehead atoms. The highest BCUT2D eigenvalue weighted by Gasteiger charge is 2.35. The lowest BCUT2D eigenvalue weighted by molar-refractivity contribution is -0.0612. The lowest BCUT2D eigenvalue weighted by Gasteiger charge is -2.25. The second-order valence-electron chi connectivity index (χ2n) is 3.37. The number of nitrogens with two attached hydrogens (primary N) is 2. The van der Waals surface area contributed by atoms with Crippen molar-refractivity contribution in [1.29, 1.82) is 0 Å². The predicted molar refractivity (Wildman–Crippen MR) is 43.2 cm³/mol. The molecule has 0 amide bonds. The standard InChI is InChI=1S/C7H16N2O3/c8-3-1-2-4(10)6(11)7(12)5(3)9/h3-7,10-12H,1-2,8-9H2. The van der Waals surface area contributed by atoms with Crippen LogP contribution in [0.2, 0.25) is 0 Å². The monoisotopic (exact) mass is 176 g/mol. The van der Waals surface area contributed by atoms with Crippen molar-refractivity contribution in [2.24, 2.45) is 11.5 Å². The van der Waals surface area contributed by atoms with E-state index >= 15 is 0 Å². The van der Waals surface area contributed by atoms with Crippen LogP contribution in [-0.2, 0) is 0 Å². The molecule has 1 aliphatic carbocycles. The Hall–Kier alpha value is -0.200. The fraction of sp³-hybridized carbons (Fsp3) is 1.00. The Labute approximate surface area is 71.0 Å². The van der Waals surface area contributed by atoms with E-state index in [0.717, 1.165) is 0 Å². The van der Waals surface area contributed by atoms with Crippen molar-refractivity contribution in [1.82, 2.24) is 0 Å². The zero-order valence-corrected chi connectivity index (χ0v) is 6.80. The van der Waals surface area contributed by atoms with Crippen molar-refractivity contribution in [3.05, 3.63) is 0 Å². The average Bonchev–Trinajstić information content (AvgIpc) is 2.14. The third-order valence-electron chi connectivity index (χ3n) is 2.43. The van der Waals surface area contributed by atoms with Crippen LogP contribution in [0.4, 0.5) is 0 Å². The van der Waals surface area contributed by atoms with Gasteiger partial charge in [0, 0.05) is 12.1 Å². The van der Waals surface area contributed by atoms with E-state index in [0.29, 0.717) is 12.8 Å². The fourth-order valence-electron chi connectivity index (χ4n) is 1.43. The van der Waals surface area contributed by atoms with Gasteiger partial charge in [0.1, 0.15) is 6.10 Å². The van der Waals surface area contributed by atoms with Crippen molar-refractivity contribution in [2.75, 3.05) is 0 Å². The van der Waals surface area contributed by atoms with E-state index in [1.807, 2.05) is 0 Å². The minimum atomic E-state index is -1.17. The number of hydrogen-bond donors (Lipinski definition) is 5. The summed E-state index contributed by atoms with van der Waals surface area (Å²) in [6.45, 7) is 0. The van der Waals surface area contributed by atoms with Crippen LogP contribution in [0.15, 0.2) is 0 Å². The normalized spacial score (nSPS) is 50.2. The summed E-state index contributed by atoms with van der Waals surface area (Å²) < 4.78 is 0. The van der Waals surface area contributed by atoms with Gasteiger partial charge in [0.25, 0.3) is 0 Å². The Bertz CT molecular complexity index is 140. The zero-order chi connectivity index (χ0) is 9.30. The molecule has 5 heteroatoms. The van der Waals surface area contributed by atoms with Crippen molar-refractivity contribution in [2.45, 2.75) is 43.2 Å². The summed E-state index contributed by atoms with van der Waals surface area (Å²) in [4.78, 5) is 0. The molecular weight excluding hydrogens is 160 g/mol. The molecule has 5 nitrogen and oxygen atoms in total. The quantitative estimate of drug-likeness (QED) is 0.262. The Kier molecular flexibility index (Phi) is 3.03. The van der Waals surface area contributed by atoms with Crippen LogP contribution >= 0.6 is 0 Å². The molecule has 0 aromatic heterocycles. The highest BCUT2D eigenvalue weighted by Crippen LogP contribution is 2.17. The predicted octanol–water partition coefficient (Wildman–Crippen LogP) is -2.48. The molecule has 1 fully saturated rings. The molecule has 0 aromatic carbocycles. The van der Waals surface area contributed by atoms with Gasteiger partial charge in [-0.2, -0.15) is 0 Å². The van der Waals surface area contributed by atoms with Crippen LogP contribution in [-0.4, -0.2) is 45.7 Å². The summed E-state index contributed by atoms with van der Waals surface area (Å²) in [5.74, 6) is 0. The molecule has 12 heavy (non-hydrogen) atoms. The van der Waals surface area contributed by atoms with E-state index in [1.165, 1.54) is 0 Å². The van der Waals surface area contributed by atoms with E-state index in [1.54, 1.807) is 0 Å². The van der Waals surface area contributed by atoms with Crippen LogP contribution in [0.3, 0.4) is 0 Å². The van der Waals surface area contributed by atoms with E-state index in [-0.39, 0.29) is 6.04 Å². The van der Waals surface area contributed by atoms with Gasteiger partial charge in [-0.05, 0) is 12.8 Å². The summed E-state index contributed by atoms with van der Waals surface area (Å²) in [6.07, 6.45) is -2.31. The first-order valence-electron chi connectivity index (χ1n) is 4.09. The van der Waals surface area contributed by atoms with Gasteiger partial charge in [-0.1, -0.05) is 0 Å². The first-order valence-corrected chi connectivity index (χ1v) is 4.09. The molecule has 5 unspecified atom stereocenters. The number of aliphatic hydroxyl groups is 3. The first-order chi connectivity index (χ1) is 5.54. The van der Waals surface area contributed by atoms with Gasteiger partial charge in [0.2, 0.25) is 0 Å².